The summed E-state index contributed by atoms with van der Waals surface area (Å²) in [5.41, 5.74) is 0. The summed E-state index contributed by atoms with van der Waals surface area (Å²) in [4.78, 5) is 8.25. The van der Waals surface area contributed by atoms with Crippen molar-refractivity contribution in [3.8, 4) is 0 Å². The highest BCUT2D eigenvalue weighted by Gasteiger charge is 2.04. The van der Waals surface area contributed by atoms with Gasteiger partial charge < -0.3 is 19.8 Å². The number of rotatable bonds is 9. The lowest BCUT2D eigenvalue weighted by Crippen LogP contribution is -2.35. The molecule has 0 aromatic carbocycles. The van der Waals surface area contributed by atoms with Crippen LogP contribution in [0, 0.1) is 15.3 Å². The molecule has 18 heavy (non-hydrogen) atoms. The van der Waals surface area contributed by atoms with Crippen molar-refractivity contribution in [1.29, 1.82) is 0 Å². The first-order chi connectivity index (χ1) is 8.29. The van der Waals surface area contributed by atoms with Crippen LogP contribution >= 0.6 is 0 Å². The highest BCUT2D eigenvalue weighted by Crippen LogP contribution is 2.09. The van der Waals surface area contributed by atoms with Gasteiger partial charge in [0.25, 0.3) is 0 Å². The Balaban J connectivity index is 0. The zero-order valence-corrected chi connectivity index (χ0v) is 12.5. The molecule has 0 unspecified atom stereocenters. The van der Waals surface area contributed by atoms with E-state index in [1.807, 2.05) is 0 Å². The average molecular weight is 262 g/mol. The van der Waals surface area contributed by atoms with E-state index >= 15 is 0 Å². The first-order valence-electron chi connectivity index (χ1n) is 6.91. The number of hydrogen-bond acceptors (Lipinski definition) is 3. The third-order valence-corrected chi connectivity index (χ3v) is 2.68. The Morgan fingerprint density at radius 3 is 1.50 bits per heavy atom. The lowest BCUT2D eigenvalue weighted by molar-refractivity contribution is -0.870. The molecule has 0 radical (unpaired) electrons. The molecule has 0 heterocycles. The van der Waals surface area contributed by atoms with E-state index in [9.17, 15) is 0 Å². The Kier molecular flexibility index (Phi) is 13.7. The lowest BCUT2D eigenvalue weighted by atomic mass is 10.1. The quantitative estimate of drug-likeness (QED) is 0.276. The second-order valence-electron chi connectivity index (χ2n) is 5.71. The fourth-order valence-corrected chi connectivity index (χ4v) is 1.72. The molecule has 0 aliphatic heterocycles. The second kappa shape index (κ2) is 12.6. The van der Waals surface area contributed by atoms with Crippen molar-refractivity contribution < 1.29 is 9.57 Å². The van der Waals surface area contributed by atoms with Crippen LogP contribution in [-0.2, 0) is 0 Å². The van der Waals surface area contributed by atoms with E-state index in [2.05, 4.69) is 28.1 Å². The second-order valence-corrected chi connectivity index (χ2v) is 5.71. The predicted octanol–water partition coefficient (Wildman–Crippen LogP) is 3.59. The Morgan fingerprint density at radius 2 is 1.17 bits per heavy atom. The van der Waals surface area contributed by atoms with E-state index in [1.54, 1.807) is 0 Å². The van der Waals surface area contributed by atoms with Crippen LogP contribution in [0.5, 0.6) is 0 Å². The molecule has 0 aliphatic rings. The molecule has 0 saturated heterocycles. The van der Waals surface area contributed by atoms with Gasteiger partial charge in [-0.05, 0) is 12.8 Å². The summed E-state index contributed by atoms with van der Waals surface area (Å²) in [5.74, 6) is 0. The van der Waals surface area contributed by atoms with E-state index in [-0.39, 0.29) is 0 Å². The summed E-state index contributed by atoms with van der Waals surface area (Å²) in [6.07, 6.45) is 11.4. The van der Waals surface area contributed by atoms with Gasteiger partial charge in [-0.3, -0.25) is 0 Å². The largest absolute Gasteiger partial charge is 0.356 e. The molecule has 0 N–H and O–H groups in total. The minimum absolute atomic E-state index is 1.12. The predicted molar refractivity (Wildman–Crippen MR) is 75.9 cm³/mol. The molecule has 0 rings (SSSR count). The van der Waals surface area contributed by atoms with Crippen LogP contribution in [0.15, 0.2) is 0 Å². The Bertz CT molecular complexity index is 187. The number of quaternary nitrogens is 1. The normalized spacial score (nSPS) is 10.7. The van der Waals surface area contributed by atoms with Gasteiger partial charge >= 0.3 is 0 Å². The molecule has 0 bridgehead atoms. The molecule has 110 valence electrons. The van der Waals surface area contributed by atoms with E-state index in [0.717, 1.165) is 4.48 Å². The molecule has 0 aromatic rings. The zero-order valence-electron chi connectivity index (χ0n) is 12.5. The number of nitrogens with zero attached hydrogens (tertiary/aromatic N) is 2. The van der Waals surface area contributed by atoms with Crippen LogP contribution in [0.1, 0.15) is 58.3 Å². The maximum absolute atomic E-state index is 8.25. The highest BCUT2D eigenvalue weighted by molar-refractivity contribution is 4.45. The van der Waals surface area contributed by atoms with Crippen molar-refractivity contribution in [3.63, 3.8) is 0 Å². The highest BCUT2D eigenvalue weighted by atomic mass is 16.9. The number of unbranched alkanes of at least 4 members (excludes halogenated alkanes) is 7. The van der Waals surface area contributed by atoms with Gasteiger partial charge in [0, 0.05) is 0 Å². The third kappa shape index (κ3) is 29.4. The van der Waals surface area contributed by atoms with Gasteiger partial charge in [-0.1, -0.05) is 45.4 Å². The van der Waals surface area contributed by atoms with Gasteiger partial charge in [0.05, 0.1) is 32.8 Å². The van der Waals surface area contributed by atoms with E-state index in [1.165, 1.54) is 57.9 Å². The van der Waals surface area contributed by atoms with E-state index in [4.69, 9.17) is 15.3 Å². The molecular weight excluding hydrogens is 232 g/mol. The van der Waals surface area contributed by atoms with Crippen molar-refractivity contribution in [3.05, 3.63) is 15.3 Å². The smallest absolute Gasteiger partial charge is 0.0780 e. The van der Waals surface area contributed by atoms with Gasteiger partial charge in [0.2, 0.25) is 0 Å². The molecule has 0 saturated carbocycles. The van der Waals surface area contributed by atoms with Crippen molar-refractivity contribution in [2.24, 2.45) is 0 Å². The standard InChI is InChI=1S/C13H30N.NO3/c1-5-6-7-8-9-10-11-12-13-14(2,3)4;2-1(3)4/h5-13H2,1-4H3;/q+1;-1. The average Bonchev–Trinajstić information content (AvgIpc) is 2.19. The maximum atomic E-state index is 8.25. The monoisotopic (exact) mass is 262 g/mol. The summed E-state index contributed by atoms with van der Waals surface area (Å²) >= 11 is 0. The first kappa shape index (κ1) is 19.5. The molecule has 5 heteroatoms. The SMILES string of the molecule is CCCCCCCCCC[N+](C)(C)C.O=[N+]([O-])[O-]. The van der Waals surface area contributed by atoms with Gasteiger partial charge in [0.1, 0.15) is 0 Å². The Labute approximate surface area is 111 Å². The van der Waals surface area contributed by atoms with Crippen molar-refractivity contribution in [1.82, 2.24) is 0 Å². The molecule has 0 amide bonds. The van der Waals surface area contributed by atoms with Gasteiger partial charge in [-0.2, -0.15) is 0 Å². The summed E-state index contributed by atoms with van der Waals surface area (Å²) in [6, 6.07) is 0. The van der Waals surface area contributed by atoms with Crippen molar-refractivity contribution >= 4 is 0 Å². The molecule has 0 aliphatic carbocycles. The molecule has 0 atom stereocenters. The minimum atomic E-state index is -1.75. The van der Waals surface area contributed by atoms with Gasteiger partial charge in [-0.25, -0.2) is 0 Å². The van der Waals surface area contributed by atoms with Crippen LogP contribution in [-0.4, -0.2) is 37.3 Å². The fourth-order valence-electron chi connectivity index (χ4n) is 1.72. The van der Waals surface area contributed by atoms with Crippen LogP contribution in [0.3, 0.4) is 0 Å². The zero-order chi connectivity index (χ0) is 14.4. The molecule has 5 nitrogen and oxygen atoms in total. The van der Waals surface area contributed by atoms with Crippen LogP contribution in [0.4, 0.5) is 0 Å². The lowest BCUT2D eigenvalue weighted by Gasteiger charge is -2.23. The third-order valence-electron chi connectivity index (χ3n) is 2.68. The summed E-state index contributed by atoms with van der Waals surface area (Å²) < 4.78 is 1.12. The van der Waals surface area contributed by atoms with Gasteiger partial charge in [-0.15, -0.1) is 0 Å². The van der Waals surface area contributed by atoms with Crippen molar-refractivity contribution in [2.75, 3.05) is 27.7 Å². The maximum Gasteiger partial charge on any atom is 0.0780 e. The minimum Gasteiger partial charge on any atom is -0.356 e. The van der Waals surface area contributed by atoms with Crippen LogP contribution in [0.25, 0.3) is 0 Å². The number of hydrogen-bond donors (Lipinski definition) is 0. The fraction of sp³-hybridized carbons (Fsp3) is 1.00. The molecule has 0 spiro atoms. The van der Waals surface area contributed by atoms with E-state index < -0.39 is 5.09 Å². The Morgan fingerprint density at radius 1 is 0.833 bits per heavy atom. The Hall–Kier alpha value is -0.840. The van der Waals surface area contributed by atoms with Gasteiger partial charge in [0.15, 0.2) is 0 Å². The van der Waals surface area contributed by atoms with E-state index in [0.29, 0.717) is 0 Å². The molecule has 0 aromatic heterocycles. The molecular formula is C13H30N2O3. The topological polar surface area (TPSA) is 66.2 Å². The molecule has 0 fully saturated rings. The first-order valence-corrected chi connectivity index (χ1v) is 6.91. The van der Waals surface area contributed by atoms with Crippen LogP contribution in [0.2, 0.25) is 0 Å². The summed E-state index contributed by atoms with van der Waals surface area (Å²) in [6.45, 7) is 3.61. The summed E-state index contributed by atoms with van der Waals surface area (Å²) in [5, 5.41) is 14.8. The van der Waals surface area contributed by atoms with Crippen LogP contribution < -0.4 is 0 Å². The van der Waals surface area contributed by atoms with Crippen molar-refractivity contribution in [2.45, 2.75) is 58.3 Å². The summed E-state index contributed by atoms with van der Waals surface area (Å²) in [7, 11) is 6.84.